The van der Waals surface area contributed by atoms with Gasteiger partial charge in [0.1, 0.15) is 24.4 Å². The van der Waals surface area contributed by atoms with E-state index in [4.69, 9.17) is 9.47 Å². The fourth-order valence-electron chi connectivity index (χ4n) is 2.70. The maximum atomic E-state index is 12.9. The van der Waals surface area contributed by atoms with Gasteiger partial charge in [-0.3, -0.25) is 4.79 Å². The number of amides is 3. The smallest absolute Gasteiger partial charge is 0.408 e. The van der Waals surface area contributed by atoms with Crippen LogP contribution in [-0.4, -0.2) is 65.5 Å². The highest BCUT2D eigenvalue weighted by atomic mass is 32.2. The predicted molar refractivity (Wildman–Crippen MR) is 132 cm³/mol. The van der Waals surface area contributed by atoms with Gasteiger partial charge in [0, 0.05) is 6.54 Å². The minimum atomic E-state index is -1.24. The van der Waals surface area contributed by atoms with Crippen LogP contribution in [0.15, 0.2) is 30.3 Å². The molecule has 0 bridgehead atoms. The van der Waals surface area contributed by atoms with E-state index in [1.807, 2.05) is 36.6 Å². The van der Waals surface area contributed by atoms with E-state index < -0.39 is 41.9 Å². The molecule has 34 heavy (non-hydrogen) atoms. The number of ether oxygens (including phenoxy) is 2. The van der Waals surface area contributed by atoms with Crippen molar-refractivity contribution in [3.05, 3.63) is 35.9 Å². The summed E-state index contributed by atoms with van der Waals surface area (Å²) in [6.45, 7) is 6.68. The fraction of sp³-hybridized carbons (Fsp3) is 0.542. The zero-order valence-corrected chi connectivity index (χ0v) is 21.2. The van der Waals surface area contributed by atoms with Gasteiger partial charge in [-0.25, -0.2) is 9.59 Å². The molecule has 1 rings (SSSR count). The van der Waals surface area contributed by atoms with Crippen molar-refractivity contribution < 1.29 is 29.0 Å². The minimum Gasteiger partial charge on any atom is -0.445 e. The summed E-state index contributed by atoms with van der Waals surface area (Å²) < 4.78 is 10.4. The number of hydrogen-bond acceptors (Lipinski definition) is 7. The Balaban J connectivity index is 2.77. The van der Waals surface area contributed by atoms with E-state index in [-0.39, 0.29) is 13.2 Å². The predicted octanol–water partition coefficient (Wildman–Crippen LogP) is 2.43. The summed E-state index contributed by atoms with van der Waals surface area (Å²) in [4.78, 5) is 37.2. The lowest BCUT2D eigenvalue weighted by Crippen LogP contribution is -2.56. The van der Waals surface area contributed by atoms with Crippen molar-refractivity contribution in [3.63, 3.8) is 0 Å². The Labute approximate surface area is 205 Å². The summed E-state index contributed by atoms with van der Waals surface area (Å²) in [7, 11) is 0. The molecular weight excluding hydrogens is 458 g/mol. The van der Waals surface area contributed by atoms with E-state index in [0.29, 0.717) is 12.2 Å². The van der Waals surface area contributed by atoms with Gasteiger partial charge < -0.3 is 30.5 Å². The SMILES string of the molecule is CC#C[C@H](O)[C@H](CNC(=O)OCc1ccccc1)NC(=O)C(CCSC)NC(=O)OC(C)(C)C. The van der Waals surface area contributed by atoms with Crippen LogP contribution in [0.4, 0.5) is 9.59 Å². The van der Waals surface area contributed by atoms with Gasteiger partial charge in [0.25, 0.3) is 0 Å². The molecule has 10 heteroatoms. The van der Waals surface area contributed by atoms with Crippen LogP contribution in [0.3, 0.4) is 0 Å². The van der Waals surface area contributed by atoms with E-state index in [9.17, 15) is 19.5 Å². The molecule has 0 saturated carbocycles. The first kappa shape index (κ1) is 29.1. The van der Waals surface area contributed by atoms with Gasteiger partial charge >= 0.3 is 12.2 Å². The molecule has 0 aliphatic carbocycles. The van der Waals surface area contributed by atoms with Crippen LogP contribution in [-0.2, 0) is 20.9 Å². The van der Waals surface area contributed by atoms with Crippen molar-refractivity contribution in [2.45, 2.75) is 64.5 Å². The third kappa shape index (κ3) is 12.4. The molecule has 0 fully saturated rings. The Morgan fingerprint density at radius 2 is 1.79 bits per heavy atom. The van der Waals surface area contributed by atoms with Gasteiger partial charge in [0.2, 0.25) is 5.91 Å². The third-order valence-corrected chi connectivity index (χ3v) is 4.94. The van der Waals surface area contributed by atoms with Crippen molar-refractivity contribution in [1.29, 1.82) is 0 Å². The zero-order chi connectivity index (χ0) is 25.6. The van der Waals surface area contributed by atoms with E-state index in [1.165, 1.54) is 11.8 Å². The van der Waals surface area contributed by atoms with Crippen LogP contribution in [0.5, 0.6) is 0 Å². The molecule has 0 radical (unpaired) electrons. The average Bonchev–Trinajstić information content (AvgIpc) is 2.77. The van der Waals surface area contributed by atoms with Crippen LogP contribution in [0.1, 0.15) is 39.7 Å². The standard InChI is InChI=1S/C24H35N3O6S/c1-6-10-20(28)19(15-25-22(30)32-16-17-11-8-7-9-12-17)26-21(29)18(13-14-34-5)27-23(31)33-24(2,3)4/h7-9,11-12,18-20,28H,13-16H2,1-5H3,(H,25,30)(H,26,29)(H,27,31)/t18?,19-,20-/m0/s1. The highest BCUT2D eigenvalue weighted by Crippen LogP contribution is 2.09. The van der Waals surface area contributed by atoms with Crippen molar-refractivity contribution in [2.24, 2.45) is 0 Å². The second-order valence-electron chi connectivity index (χ2n) is 8.38. The number of alkyl carbamates (subject to hydrolysis) is 2. The second-order valence-corrected chi connectivity index (χ2v) is 9.36. The monoisotopic (exact) mass is 493 g/mol. The molecule has 3 atom stereocenters. The van der Waals surface area contributed by atoms with E-state index in [1.54, 1.807) is 27.7 Å². The quantitative estimate of drug-likeness (QED) is 0.349. The number of thioether (sulfide) groups is 1. The Hall–Kier alpha value is -2.90. The Morgan fingerprint density at radius 3 is 2.38 bits per heavy atom. The summed E-state index contributed by atoms with van der Waals surface area (Å²) >= 11 is 1.52. The summed E-state index contributed by atoms with van der Waals surface area (Å²) in [5.41, 5.74) is 0.105. The number of aliphatic hydroxyl groups is 1. The van der Waals surface area contributed by atoms with Crippen LogP contribution in [0.25, 0.3) is 0 Å². The van der Waals surface area contributed by atoms with Crippen molar-refractivity contribution in [2.75, 3.05) is 18.6 Å². The number of carbonyl (C=O) groups is 3. The Bertz CT molecular complexity index is 848. The van der Waals surface area contributed by atoms with Crippen LogP contribution in [0, 0.1) is 11.8 Å². The normalized spacial score (nSPS) is 13.4. The molecule has 0 aliphatic heterocycles. The molecule has 4 N–H and O–H groups in total. The summed E-state index contributed by atoms with van der Waals surface area (Å²) in [5, 5.41) is 18.1. The van der Waals surface area contributed by atoms with Crippen molar-refractivity contribution in [3.8, 4) is 11.8 Å². The van der Waals surface area contributed by atoms with E-state index in [2.05, 4.69) is 27.8 Å². The Morgan fingerprint density at radius 1 is 1.12 bits per heavy atom. The van der Waals surface area contributed by atoms with E-state index >= 15 is 0 Å². The first-order valence-electron chi connectivity index (χ1n) is 10.9. The third-order valence-electron chi connectivity index (χ3n) is 4.30. The number of hydrogen-bond donors (Lipinski definition) is 4. The number of rotatable bonds is 11. The van der Waals surface area contributed by atoms with E-state index in [0.717, 1.165) is 5.56 Å². The minimum absolute atomic E-state index is 0.0809. The molecule has 0 spiro atoms. The fourth-order valence-corrected chi connectivity index (χ4v) is 3.17. The molecule has 1 unspecified atom stereocenters. The molecule has 0 saturated heterocycles. The molecule has 188 valence electrons. The molecule has 1 aromatic rings. The lowest BCUT2D eigenvalue weighted by Gasteiger charge is -2.26. The molecule has 9 nitrogen and oxygen atoms in total. The van der Waals surface area contributed by atoms with Gasteiger partial charge in [0.15, 0.2) is 0 Å². The summed E-state index contributed by atoms with van der Waals surface area (Å²) in [5.74, 6) is 5.24. The lowest BCUT2D eigenvalue weighted by atomic mass is 10.1. The zero-order valence-electron chi connectivity index (χ0n) is 20.3. The summed E-state index contributed by atoms with van der Waals surface area (Å²) in [6, 6.07) is 7.35. The Kier molecular flexibility index (Phi) is 12.9. The van der Waals surface area contributed by atoms with Crippen LogP contribution < -0.4 is 16.0 Å². The molecule has 0 aliphatic rings. The molecular formula is C24H35N3O6S. The van der Waals surface area contributed by atoms with Crippen LogP contribution >= 0.6 is 11.8 Å². The lowest BCUT2D eigenvalue weighted by molar-refractivity contribution is -0.124. The molecule has 3 amide bonds. The topological polar surface area (TPSA) is 126 Å². The molecule has 1 aromatic carbocycles. The number of carbonyl (C=O) groups excluding carboxylic acids is 3. The van der Waals surface area contributed by atoms with Gasteiger partial charge in [-0.2, -0.15) is 11.8 Å². The van der Waals surface area contributed by atoms with Crippen molar-refractivity contribution in [1.82, 2.24) is 16.0 Å². The van der Waals surface area contributed by atoms with Gasteiger partial charge in [-0.15, -0.1) is 5.92 Å². The van der Waals surface area contributed by atoms with Gasteiger partial charge in [-0.1, -0.05) is 36.3 Å². The highest BCUT2D eigenvalue weighted by Gasteiger charge is 2.28. The highest BCUT2D eigenvalue weighted by molar-refractivity contribution is 7.98. The molecule has 0 heterocycles. The second kappa shape index (κ2) is 15.1. The van der Waals surface area contributed by atoms with Crippen molar-refractivity contribution >= 4 is 29.9 Å². The first-order chi connectivity index (χ1) is 16.1. The van der Waals surface area contributed by atoms with Crippen LogP contribution in [0.2, 0.25) is 0 Å². The first-order valence-corrected chi connectivity index (χ1v) is 12.3. The van der Waals surface area contributed by atoms with Gasteiger partial charge in [-0.05, 0) is 51.7 Å². The number of nitrogens with one attached hydrogen (secondary N) is 3. The summed E-state index contributed by atoms with van der Waals surface area (Å²) in [6.07, 6.45) is -0.434. The van der Waals surface area contributed by atoms with Gasteiger partial charge in [0.05, 0.1) is 6.04 Å². The average molecular weight is 494 g/mol. The largest absolute Gasteiger partial charge is 0.445 e. The molecule has 0 aromatic heterocycles. The number of benzene rings is 1. The maximum absolute atomic E-state index is 12.9. The number of aliphatic hydroxyl groups excluding tert-OH is 1. The maximum Gasteiger partial charge on any atom is 0.408 e.